The van der Waals surface area contributed by atoms with E-state index in [-0.39, 0.29) is 0 Å². The molecule has 3 aromatic rings. The minimum Gasteiger partial charge on any atom is -0.479 e. The SMILES string of the molecule is Cc1cc(CC=Cc2ccc(C(=O)O)cc2)c(OCc2ccccc2)s1. The Hall–Kier alpha value is -2.85. The summed E-state index contributed by atoms with van der Waals surface area (Å²) < 4.78 is 6.01. The van der Waals surface area contributed by atoms with Crippen molar-refractivity contribution >= 4 is 23.4 Å². The van der Waals surface area contributed by atoms with Crippen molar-refractivity contribution in [2.75, 3.05) is 0 Å². The maximum Gasteiger partial charge on any atom is 0.335 e. The highest BCUT2D eigenvalue weighted by Gasteiger charge is 2.07. The Morgan fingerprint density at radius 1 is 1.12 bits per heavy atom. The molecule has 3 nitrogen and oxygen atoms in total. The molecule has 0 aliphatic carbocycles. The zero-order valence-corrected chi connectivity index (χ0v) is 15.3. The molecule has 1 heterocycles. The summed E-state index contributed by atoms with van der Waals surface area (Å²) in [4.78, 5) is 12.1. The van der Waals surface area contributed by atoms with Crippen LogP contribution in [0.4, 0.5) is 0 Å². The summed E-state index contributed by atoms with van der Waals surface area (Å²) in [5.74, 6) is -0.908. The molecule has 0 atom stereocenters. The van der Waals surface area contributed by atoms with Crippen LogP contribution < -0.4 is 4.74 Å². The Morgan fingerprint density at radius 3 is 2.54 bits per heavy atom. The molecule has 0 fully saturated rings. The summed E-state index contributed by atoms with van der Waals surface area (Å²) in [5.41, 5.74) is 3.60. The Kier molecular flexibility index (Phi) is 5.87. The van der Waals surface area contributed by atoms with Gasteiger partial charge in [0.15, 0.2) is 5.06 Å². The molecule has 4 heteroatoms. The Labute approximate surface area is 157 Å². The number of allylic oxidation sites excluding steroid dienone is 1. The maximum atomic E-state index is 10.9. The van der Waals surface area contributed by atoms with Crippen LogP contribution in [0.1, 0.15) is 31.9 Å². The van der Waals surface area contributed by atoms with Crippen molar-refractivity contribution in [2.24, 2.45) is 0 Å². The summed E-state index contributed by atoms with van der Waals surface area (Å²) in [6, 6.07) is 19.1. The van der Waals surface area contributed by atoms with Gasteiger partial charge in [0.1, 0.15) is 6.61 Å². The third-order valence-corrected chi connectivity index (χ3v) is 4.92. The number of rotatable bonds is 7. The van der Waals surface area contributed by atoms with Gasteiger partial charge in [0.05, 0.1) is 5.56 Å². The fourth-order valence-corrected chi connectivity index (χ4v) is 3.48. The van der Waals surface area contributed by atoms with E-state index in [2.05, 4.69) is 31.2 Å². The summed E-state index contributed by atoms with van der Waals surface area (Å²) in [7, 11) is 0. The molecular formula is C22H20O3S. The van der Waals surface area contributed by atoms with E-state index in [1.807, 2.05) is 36.4 Å². The molecule has 0 amide bonds. The lowest BCUT2D eigenvalue weighted by Gasteiger charge is -2.06. The second-order valence-electron chi connectivity index (χ2n) is 5.98. The van der Waals surface area contributed by atoms with Gasteiger partial charge in [-0.25, -0.2) is 4.79 Å². The van der Waals surface area contributed by atoms with Gasteiger partial charge in [-0.1, -0.05) is 54.6 Å². The highest BCUT2D eigenvalue weighted by atomic mass is 32.1. The molecule has 0 aliphatic heterocycles. The minimum absolute atomic E-state index is 0.298. The third-order valence-electron chi connectivity index (χ3n) is 3.91. The number of aromatic carboxylic acids is 1. The molecule has 0 saturated heterocycles. The molecule has 3 rings (SSSR count). The van der Waals surface area contributed by atoms with E-state index in [4.69, 9.17) is 9.84 Å². The van der Waals surface area contributed by atoms with Crippen LogP contribution in [-0.4, -0.2) is 11.1 Å². The van der Waals surface area contributed by atoms with Gasteiger partial charge in [-0.3, -0.25) is 0 Å². The highest BCUT2D eigenvalue weighted by molar-refractivity contribution is 7.14. The maximum absolute atomic E-state index is 10.9. The van der Waals surface area contributed by atoms with E-state index in [9.17, 15) is 4.79 Å². The van der Waals surface area contributed by atoms with Gasteiger partial charge in [0, 0.05) is 10.4 Å². The number of carboxylic acid groups (broad SMARTS) is 1. The smallest absolute Gasteiger partial charge is 0.335 e. The van der Waals surface area contributed by atoms with Crippen molar-refractivity contribution in [2.45, 2.75) is 20.0 Å². The normalized spacial score (nSPS) is 11.0. The van der Waals surface area contributed by atoms with Crippen molar-refractivity contribution < 1.29 is 14.6 Å². The van der Waals surface area contributed by atoms with Crippen molar-refractivity contribution in [1.82, 2.24) is 0 Å². The van der Waals surface area contributed by atoms with Gasteiger partial charge in [-0.15, -0.1) is 11.3 Å². The molecule has 1 aromatic heterocycles. The Bertz CT molecular complexity index is 893. The standard InChI is InChI=1S/C22H20O3S/c1-16-14-20(22(26-16)25-15-18-6-3-2-4-7-18)9-5-8-17-10-12-19(13-11-17)21(23)24/h2-8,10-14H,9,15H2,1H3,(H,23,24). The number of carbonyl (C=O) groups is 1. The molecule has 26 heavy (non-hydrogen) atoms. The summed E-state index contributed by atoms with van der Waals surface area (Å²) in [6.45, 7) is 2.64. The lowest BCUT2D eigenvalue weighted by molar-refractivity contribution is 0.0697. The largest absolute Gasteiger partial charge is 0.479 e. The lowest BCUT2D eigenvalue weighted by atomic mass is 10.1. The van der Waals surface area contributed by atoms with Crippen LogP contribution in [0.3, 0.4) is 0 Å². The van der Waals surface area contributed by atoms with Crippen LogP contribution >= 0.6 is 11.3 Å². The number of hydrogen-bond acceptors (Lipinski definition) is 3. The van der Waals surface area contributed by atoms with E-state index in [1.165, 1.54) is 10.4 Å². The van der Waals surface area contributed by atoms with Crippen molar-refractivity contribution in [1.29, 1.82) is 0 Å². The minimum atomic E-state index is -0.908. The predicted octanol–water partition coefficient (Wildman–Crippen LogP) is 5.59. The predicted molar refractivity (Wildman–Crippen MR) is 106 cm³/mol. The van der Waals surface area contributed by atoms with Crippen molar-refractivity contribution in [3.05, 3.63) is 93.9 Å². The zero-order chi connectivity index (χ0) is 18.4. The molecule has 0 aliphatic rings. The first-order valence-corrected chi connectivity index (χ1v) is 9.19. The van der Waals surface area contributed by atoms with E-state index in [0.717, 1.165) is 22.6 Å². The number of hydrogen-bond donors (Lipinski definition) is 1. The van der Waals surface area contributed by atoms with Crippen molar-refractivity contribution in [3.63, 3.8) is 0 Å². The topological polar surface area (TPSA) is 46.5 Å². The van der Waals surface area contributed by atoms with E-state index in [1.54, 1.807) is 23.5 Å². The molecule has 132 valence electrons. The lowest BCUT2D eigenvalue weighted by Crippen LogP contribution is -1.95. The number of aryl methyl sites for hydroxylation is 1. The second-order valence-corrected chi connectivity index (χ2v) is 7.20. The van der Waals surface area contributed by atoms with Gasteiger partial charge in [0.2, 0.25) is 0 Å². The second kappa shape index (κ2) is 8.50. The molecular weight excluding hydrogens is 344 g/mol. The summed E-state index contributed by atoms with van der Waals surface area (Å²) in [6.07, 6.45) is 4.85. The molecule has 2 aromatic carbocycles. The molecule has 0 bridgehead atoms. The Morgan fingerprint density at radius 2 is 1.85 bits per heavy atom. The van der Waals surface area contributed by atoms with E-state index >= 15 is 0 Å². The first kappa shape index (κ1) is 18.0. The first-order valence-electron chi connectivity index (χ1n) is 8.38. The van der Waals surface area contributed by atoms with Crippen LogP contribution in [-0.2, 0) is 13.0 Å². The number of benzene rings is 2. The fourth-order valence-electron chi connectivity index (χ4n) is 2.59. The first-order chi connectivity index (χ1) is 12.6. The average molecular weight is 364 g/mol. The molecule has 0 saturated carbocycles. The van der Waals surface area contributed by atoms with Crippen LogP contribution in [0.5, 0.6) is 5.06 Å². The quantitative estimate of drug-likeness (QED) is 0.594. The molecule has 0 spiro atoms. The van der Waals surface area contributed by atoms with Crippen LogP contribution in [0.15, 0.2) is 66.7 Å². The van der Waals surface area contributed by atoms with Gasteiger partial charge >= 0.3 is 5.97 Å². The van der Waals surface area contributed by atoms with Gasteiger partial charge in [-0.05, 0) is 42.7 Å². The molecule has 1 N–H and O–H groups in total. The molecule has 0 radical (unpaired) electrons. The summed E-state index contributed by atoms with van der Waals surface area (Å²) >= 11 is 1.66. The van der Waals surface area contributed by atoms with Gasteiger partial charge in [-0.2, -0.15) is 0 Å². The Balaban J connectivity index is 1.63. The van der Waals surface area contributed by atoms with Gasteiger partial charge < -0.3 is 9.84 Å². The summed E-state index contributed by atoms with van der Waals surface area (Å²) in [5, 5.41) is 9.89. The average Bonchev–Trinajstić information content (AvgIpc) is 3.01. The monoisotopic (exact) mass is 364 g/mol. The van der Waals surface area contributed by atoms with Gasteiger partial charge in [0.25, 0.3) is 0 Å². The van der Waals surface area contributed by atoms with E-state index < -0.39 is 5.97 Å². The van der Waals surface area contributed by atoms with Crippen LogP contribution in [0.25, 0.3) is 6.08 Å². The third kappa shape index (κ3) is 4.83. The van der Waals surface area contributed by atoms with Crippen LogP contribution in [0.2, 0.25) is 0 Å². The van der Waals surface area contributed by atoms with Crippen molar-refractivity contribution in [3.8, 4) is 5.06 Å². The number of thiophene rings is 1. The zero-order valence-electron chi connectivity index (χ0n) is 14.5. The van der Waals surface area contributed by atoms with Crippen LogP contribution in [0, 0.1) is 6.92 Å². The fraction of sp³-hybridized carbons (Fsp3) is 0.136. The molecule has 0 unspecified atom stereocenters. The number of carboxylic acids is 1. The number of ether oxygens (including phenoxy) is 1. The highest BCUT2D eigenvalue weighted by Crippen LogP contribution is 2.31. The van der Waals surface area contributed by atoms with E-state index in [0.29, 0.717) is 12.2 Å².